The quantitative estimate of drug-likeness (QED) is 0.499. The zero-order valence-corrected chi connectivity index (χ0v) is 14.7. The van der Waals surface area contributed by atoms with E-state index in [-0.39, 0.29) is 0 Å². The first-order chi connectivity index (χ1) is 10.1. The van der Waals surface area contributed by atoms with Gasteiger partial charge in [-0.3, -0.25) is 0 Å². The topological polar surface area (TPSA) is 54.6 Å². The molecule has 0 radical (unpaired) electrons. The maximum Gasteiger partial charge on any atom is 0.0741 e. The molecule has 0 aromatic rings. The van der Waals surface area contributed by atoms with Crippen LogP contribution >= 0.6 is 0 Å². The van der Waals surface area contributed by atoms with E-state index < -0.39 is 0 Å². The molecule has 4 N–H and O–H groups in total. The summed E-state index contributed by atoms with van der Waals surface area (Å²) < 4.78 is 0. The maximum absolute atomic E-state index is 3.60. The maximum atomic E-state index is 3.60. The average Bonchev–Trinajstić information content (AvgIpc) is 2.51. The smallest absolute Gasteiger partial charge is 0.0741 e. The van der Waals surface area contributed by atoms with Crippen LogP contribution in [0.2, 0.25) is 0 Å². The van der Waals surface area contributed by atoms with Gasteiger partial charge in [-0.25, -0.2) is 10.0 Å². The molecule has 0 aromatic carbocycles. The first-order valence-corrected chi connectivity index (χ1v) is 8.46. The van der Waals surface area contributed by atoms with Crippen molar-refractivity contribution in [2.45, 2.75) is 58.4 Å². The van der Waals surface area contributed by atoms with Crippen LogP contribution in [-0.4, -0.2) is 62.6 Å². The minimum absolute atomic E-state index is 0.360. The number of hydrogen-bond acceptors (Lipinski definition) is 6. The second kappa shape index (κ2) is 9.71. The van der Waals surface area contributed by atoms with Crippen molar-refractivity contribution in [2.24, 2.45) is 5.92 Å². The van der Waals surface area contributed by atoms with Crippen LogP contribution in [0, 0.1) is 5.92 Å². The molecule has 21 heavy (non-hydrogen) atoms. The zero-order chi connectivity index (χ0) is 15.8. The summed E-state index contributed by atoms with van der Waals surface area (Å²) in [5.74, 6) is 0.617. The van der Waals surface area contributed by atoms with Gasteiger partial charge in [0.1, 0.15) is 0 Å². The fourth-order valence-electron chi connectivity index (χ4n) is 3.39. The molecule has 1 rings (SSSR count). The van der Waals surface area contributed by atoms with Gasteiger partial charge >= 0.3 is 0 Å². The lowest BCUT2D eigenvalue weighted by atomic mass is 9.95. The number of rotatable bonds is 9. The SMILES string of the molecule is CCC(NC)C1CN(C(CC)NC)NN(C(CC)NC)C1. The van der Waals surface area contributed by atoms with Gasteiger partial charge in [-0.2, -0.15) is 5.53 Å². The van der Waals surface area contributed by atoms with E-state index in [0.717, 1.165) is 32.4 Å². The van der Waals surface area contributed by atoms with Crippen LogP contribution in [0.15, 0.2) is 0 Å². The summed E-state index contributed by atoms with van der Waals surface area (Å²) in [6, 6.07) is 0.556. The van der Waals surface area contributed by atoms with Crippen molar-refractivity contribution >= 4 is 0 Å². The molecule has 0 aliphatic carbocycles. The second-order valence-electron chi connectivity index (χ2n) is 5.89. The van der Waals surface area contributed by atoms with Crippen LogP contribution in [0.25, 0.3) is 0 Å². The molecular weight excluding hydrogens is 264 g/mol. The minimum Gasteiger partial charge on any atom is -0.317 e. The van der Waals surface area contributed by atoms with Crippen LogP contribution in [0.5, 0.6) is 0 Å². The van der Waals surface area contributed by atoms with Gasteiger partial charge in [0, 0.05) is 25.0 Å². The Labute approximate surface area is 131 Å². The van der Waals surface area contributed by atoms with E-state index in [1.807, 2.05) is 14.1 Å². The fourth-order valence-corrected chi connectivity index (χ4v) is 3.39. The normalized spacial score (nSPS) is 25.7. The molecule has 3 unspecified atom stereocenters. The second-order valence-corrected chi connectivity index (χ2v) is 5.89. The summed E-state index contributed by atoms with van der Waals surface area (Å²) in [5, 5.41) is 15.0. The molecule has 1 aliphatic rings. The number of nitrogens with zero attached hydrogens (tertiary/aromatic N) is 2. The van der Waals surface area contributed by atoms with Gasteiger partial charge in [-0.15, -0.1) is 0 Å². The summed E-state index contributed by atoms with van der Waals surface area (Å²) in [7, 11) is 6.15. The average molecular weight is 300 g/mol. The van der Waals surface area contributed by atoms with Gasteiger partial charge in [0.05, 0.1) is 12.3 Å². The molecule has 0 spiro atoms. The van der Waals surface area contributed by atoms with Gasteiger partial charge in [-0.1, -0.05) is 20.8 Å². The van der Waals surface area contributed by atoms with Gasteiger partial charge < -0.3 is 16.0 Å². The molecule has 1 heterocycles. The lowest BCUT2D eigenvalue weighted by Crippen LogP contribution is -2.69. The molecule has 0 aromatic heterocycles. The van der Waals surface area contributed by atoms with Crippen molar-refractivity contribution < 1.29 is 0 Å². The van der Waals surface area contributed by atoms with Crippen molar-refractivity contribution in [3.05, 3.63) is 0 Å². The highest BCUT2D eigenvalue weighted by molar-refractivity contribution is 4.84. The third kappa shape index (κ3) is 4.87. The van der Waals surface area contributed by atoms with Crippen LogP contribution in [0.4, 0.5) is 0 Å². The lowest BCUT2D eigenvalue weighted by Gasteiger charge is -2.48. The van der Waals surface area contributed by atoms with Crippen molar-refractivity contribution in [1.82, 2.24) is 31.5 Å². The third-order valence-corrected chi connectivity index (χ3v) is 4.69. The fraction of sp³-hybridized carbons (Fsp3) is 1.00. The highest BCUT2D eigenvalue weighted by atomic mass is 15.8. The summed E-state index contributed by atoms with van der Waals surface area (Å²) in [4.78, 5) is 0. The Morgan fingerprint density at radius 3 is 1.62 bits per heavy atom. The summed E-state index contributed by atoms with van der Waals surface area (Å²) in [5.41, 5.74) is 3.60. The minimum atomic E-state index is 0.360. The molecule has 0 bridgehead atoms. The monoisotopic (exact) mass is 300 g/mol. The first-order valence-electron chi connectivity index (χ1n) is 8.46. The molecule has 3 atom stereocenters. The Hall–Kier alpha value is -0.240. The van der Waals surface area contributed by atoms with E-state index in [2.05, 4.69) is 59.3 Å². The van der Waals surface area contributed by atoms with Crippen molar-refractivity contribution in [2.75, 3.05) is 34.2 Å². The Morgan fingerprint density at radius 1 is 0.857 bits per heavy atom. The Kier molecular flexibility index (Phi) is 8.70. The summed E-state index contributed by atoms with van der Waals surface area (Å²) in [6.07, 6.45) is 4.04. The molecular formula is C15H36N6. The molecule has 126 valence electrons. The van der Waals surface area contributed by atoms with Crippen LogP contribution in [0.3, 0.4) is 0 Å². The Morgan fingerprint density at radius 2 is 1.33 bits per heavy atom. The number of hydrogen-bond donors (Lipinski definition) is 4. The highest BCUT2D eigenvalue weighted by Crippen LogP contribution is 2.18. The molecule has 0 saturated carbocycles. The Balaban J connectivity index is 2.86. The molecule has 1 fully saturated rings. The van der Waals surface area contributed by atoms with E-state index in [9.17, 15) is 0 Å². The Bertz CT molecular complexity index is 214. The van der Waals surface area contributed by atoms with Gasteiger partial charge in [0.2, 0.25) is 0 Å². The van der Waals surface area contributed by atoms with Crippen LogP contribution < -0.4 is 21.5 Å². The molecule has 6 nitrogen and oxygen atoms in total. The molecule has 6 heteroatoms. The van der Waals surface area contributed by atoms with E-state index in [1.165, 1.54) is 0 Å². The number of hydrazine groups is 2. The zero-order valence-electron chi connectivity index (χ0n) is 14.7. The van der Waals surface area contributed by atoms with Gasteiger partial charge in [0.15, 0.2) is 0 Å². The van der Waals surface area contributed by atoms with Crippen molar-refractivity contribution in [3.63, 3.8) is 0 Å². The lowest BCUT2D eigenvalue weighted by molar-refractivity contribution is -0.107. The summed E-state index contributed by atoms with van der Waals surface area (Å²) >= 11 is 0. The van der Waals surface area contributed by atoms with E-state index in [0.29, 0.717) is 24.3 Å². The van der Waals surface area contributed by atoms with Gasteiger partial charge in [0.25, 0.3) is 0 Å². The van der Waals surface area contributed by atoms with E-state index in [4.69, 9.17) is 0 Å². The predicted octanol–water partition coefficient (Wildman–Crippen LogP) is 0.549. The predicted molar refractivity (Wildman–Crippen MR) is 89.5 cm³/mol. The first kappa shape index (κ1) is 18.8. The van der Waals surface area contributed by atoms with Crippen molar-refractivity contribution in [1.29, 1.82) is 0 Å². The van der Waals surface area contributed by atoms with Crippen molar-refractivity contribution in [3.8, 4) is 0 Å². The summed E-state index contributed by atoms with van der Waals surface area (Å²) in [6.45, 7) is 8.84. The highest BCUT2D eigenvalue weighted by Gasteiger charge is 2.34. The van der Waals surface area contributed by atoms with Crippen LogP contribution in [0.1, 0.15) is 40.0 Å². The van der Waals surface area contributed by atoms with Crippen LogP contribution in [-0.2, 0) is 0 Å². The van der Waals surface area contributed by atoms with E-state index in [1.54, 1.807) is 0 Å². The standard InChI is InChI=1S/C15H36N6/c1-7-13(16-4)12-10-20(14(8-2)17-5)19-21(11-12)15(9-3)18-6/h12-19H,7-11H2,1-6H3. The van der Waals surface area contributed by atoms with Gasteiger partial charge in [-0.05, 0) is 40.4 Å². The van der Waals surface area contributed by atoms with E-state index >= 15 is 0 Å². The largest absolute Gasteiger partial charge is 0.317 e. The number of nitrogens with one attached hydrogen (secondary N) is 4. The molecule has 1 aliphatic heterocycles. The molecule has 1 saturated heterocycles. The molecule has 0 amide bonds. The third-order valence-electron chi connectivity index (χ3n) is 4.69.